The molecule has 0 amide bonds. The van der Waals surface area contributed by atoms with Gasteiger partial charge in [-0.15, -0.1) is 0 Å². The molecule has 124 valence electrons. The van der Waals surface area contributed by atoms with Crippen molar-refractivity contribution in [3.05, 3.63) is 47.5 Å². The topological polar surface area (TPSA) is 58.5 Å². The summed E-state index contributed by atoms with van der Waals surface area (Å²) < 4.78 is 0. The fourth-order valence-electron chi connectivity index (χ4n) is 2.53. The lowest BCUT2D eigenvalue weighted by molar-refractivity contribution is 0.966. The molecule has 4 nitrogen and oxygen atoms in total. The summed E-state index contributed by atoms with van der Waals surface area (Å²) in [7, 11) is 4.13. The first-order valence-corrected chi connectivity index (χ1v) is 8.15. The number of nitrogen functional groups attached to an aromatic ring is 2. The van der Waals surface area contributed by atoms with E-state index in [0.29, 0.717) is 0 Å². The fraction of sp³-hybridized carbons (Fsp3) is 0.368. The van der Waals surface area contributed by atoms with E-state index in [0.717, 1.165) is 53.4 Å². The van der Waals surface area contributed by atoms with Crippen LogP contribution in [0, 0.1) is 0 Å². The van der Waals surface area contributed by atoms with Crippen LogP contribution in [0.15, 0.2) is 36.4 Å². The highest BCUT2D eigenvalue weighted by atomic mass is 15.1. The molecule has 0 spiro atoms. The number of anilines is 4. The van der Waals surface area contributed by atoms with Gasteiger partial charge in [-0.25, -0.2) is 0 Å². The molecule has 0 aromatic heterocycles. The van der Waals surface area contributed by atoms with Crippen LogP contribution in [0.3, 0.4) is 0 Å². The van der Waals surface area contributed by atoms with Gasteiger partial charge in [0.25, 0.3) is 0 Å². The maximum atomic E-state index is 6.24. The van der Waals surface area contributed by atoms with Gasteiger partial charge in [-0.05, 0) is 49.2 Å². The second-order valence-electron chi connectivity index (χ2n) is 5.97. The van der Waals surface area contributed by atoms with E-state index in [1.54, 1.807) is 0 Å². The molecule has 4 heteroatoms. The normalized spacial score (nSPS) is 10.6. The number of hydrogen-bond donors (Lipinski definition) is 2. The van der Waals surface area contributed by atoms with E-state index in [-0.39, 0.29) is 0 Å². The molecule has 0 aliphatic carbocycles. The Kier molecular flexibility index (Phi) is 5.37. The van der Waals surface area contributed by atoms with Crippen molar-refractivity contribution in [2.24, 2.45) is 0 Å². The van der Waals surface area contributed by atoms with Crippen LogP contribution in [0.1, 0.15) is 25.0 Å². The van der Waals surface area contributed by atoms with Gasteiger partial charge < -0.3 is 21.3 Å². The summed E-state index contributed by atoms with van der Waals surface area (Å²) in [6, 6.07) is 12.5. The Balaban J connectivity index is 2.22. The molecule has 0 fully saturated rings. The zero-order valence-corrected chi connectivity index (χ0v) is 14.6. The molecule has 4 N–H and O–H groups in total. The van der Waals surface area contributed by atoms with E-state index in [1.807, 2.05) is 12.1 Å². The summed E-state index contributed by atoms with van der Waals surface area (Å²) in [5, 5.41) is 0. The highest BCUT2D eigenvalue weighted by molar-refractivity contribution is 5.64. The number of nitrogens with two attached hydrogens (primary N) is 2. The minimum Gasteiger partial charge on any atom is -0.398 e. The molecule has 0 atom stereocenters. The first-order valence-electron chi connectivity index (χ1n) is 8.15. The molecule has 2 rings (SSSR count). The number of hydrogen-bond acceptors (Lipinski definition) is 4. The van der Waals surface area contributed by atoms with E-state index in [9.17, 15) is 0 Å². The smallest absolute Gasteiger partial charge is 0.0384 e. The summed E-state index contributed by atoms with van der Waals surface area (Å²) in [5.41, 5.74) is 18.6. The Bertz CT molecular complexity index is 609. The van der Waals surface area contributed by atoms with Gasteiger partial charge in [0.05, 0.1) is 0 Å². The summed E-state index contributed by atoms with van der Waals surface area (Å²) in [6.07, 6.45) is 0.754. The van der Waals surface area contributed by atoms with Gasteiger partial charge in [0.1, 0.15) is 0 Å². The molecule has 0 radical (unpaired) electrons. The molecule has 23 heavy (non-hydrogen) atoms. The third-order valence-electron chi connectivity index (χ3n) is 4.47. The molecular weight excluding hydrogens is 284 g/mol. The average Bonchev–Trinajstić information content (AvgIpc) is 2.56. The van der Waals surface area contributed by atoms with Gasteiger partial charge in [-0.2, -0.15) is 0 Å². The maximum absolute atomic E-state index is 6.24. The molecular formula is C19H28N4. The first-order chi connectivity index (χ1) is 11.0. The Labute approximate surface area is 139 Å². The van der Waals surface area contributed by atoms with Crippen LogP contribution in [0.5, 0.6) is 0 Å². The summed E-state index contributed by atoms with van der Waals surface area (Å²) >= 11 is 0. The van der Waals surface area contributed by atoms with Gasteiger partial charge in [0.2, 0.25) is 0 Å². The Morgan fingerprint density at radius 1 is 0.739 bits per heavy atom. The minimum absolute atomic E-state index is 0.754. The second-order valence-corrected chi connectivity index (χ2v) is 5.97. The monoisotopic (exact) mass is 312 g/mol. The third-order valence-corrected chi connectivity index (χ3v) is 4.47. The Morgan fingerprint density at radius 2 is 1.13 bits per heavy atom. The SMILES string of the molecule is CCN(C)c1ccc(Cc2ccc(N(C)CC)cc2N)c(N)c1. The largest absolute Gasteiger partial charge is 0.398 e. The van der Waals surface area contributed by atoms with Crippen molar-refractivity contribution < 1.29 is 0 Å². The molecule has 0 heterocycles. The van der Waals surface area contributed by atoms with Crippen molar-refractivity contribution in [1.29, 1.82) is 0 Å². The Hall–Kier alpha value is -2.36. The number of nitrogens with zero attached hydrogens (tertiary/aromatic N) is 2. The molecule has 2 aromatic rings. The zero-order valence-electron chi connectivity index (χ0n) is 14.6. The van der Waals surface area contributed by atoms with Crippen LogP contribution in [0.2, 0.25) is 0 Å². The standard InChI is InChI=1S/C19H28N4/c1-5-22(3)16-9-7-14(18(20)12-16)11-15-8-10-17(13-19(15)21)23(4)6-2/h7-10,12-13H,5-6,11,20-21H2,1-4H3. The second kappa shape index (κ2) is 7.27. The molecule has 0 aliphatic rings. The van der Waals surface area contributed by atoms with Gasteiger partial charge in [-0.3, -0.25) is 0 Å². The molecule has 0 saturated carbocycles. The maximum Gasteiger partial charge on any atom is 0.0384 e. The van der Waals surface area contributed by atoms with Crippen LogP contribution < -0.4 is 21.3 Å². The van der Waals surface area contributed by atoms with E-state index in [2.05, 4.69) is 62.0 Å². The number of rotatable bonds is 6. The van der Waals surface area contributed by atoms with Crippen LogP contribution in [-0.2, 0) is 6.42 Å². The van der Waals surface area contributed by atoms with E-state index in [4.69, 9.17) is 11.5 Å². The summed E-state index contributed by atoms with van der Waals surface area (Å²) in [6.45, 7) is 6.16. The van der Waals surface area contributed by atoms with Crippen molar-refractivity contribution in [2.75, 3.05) is 48.5 Å². The van der Waals surface area contributed by atoms with Gasteiger partial charge in [0, 0.05) is 56.4 Å². The lowest BCUT2D eigenvalue weighted by Gasteiger charge is -2.20. The predicted molar refractivity (Wildman–Crippen MR) is 102 cm³/mol. The average molecular weight is 312 g/mol. The Morgan fingerprint density at radius 3 is 1.43 bits per heavy atom. The van der Waals surface area contributed by atoms with E-state index in [1.165, 1.54) is 0 Å². The van der Waals surface area contributed by atoms with Crippen LogP contribution in [0.4, 0.5) is 22.7 Å². The predicted octanol–water partition coefficient (Wildman–Crippen LogP) is 3.35. The minimum atomic E-state index is 0.754. The van der Waals surface area contributed by atoms with Gasteiger partial charge in [-0.1, -0.05) is 12.1 Å². The summed E-state index contributed by atoms with van der Waals surface area (Å²) in [4.78, 5) is 4.34. The highest BCUT2D eigenvalue weighted by Gasteiger charge is 2.08. The molecule has 0 aliphatic heterocycles. The molecule has 0 unspecified atom stereocenters. The van der Waals surface area contributed by atoms with E-state index >= 15 is 0 Å². The molecule has 2 aromatic carbocycles. The van der Waals surface area contributed by atoms with Gasteiger partial charge >= 0.3 is 0 Å². The van der Waals surface area contributed by atoms with Crippen molar-refractivity contribution in [2.45, 2.75) is 20.3 Å². The lowest BCUT2D eigenvalue weighted by Crippen LogP contribution is -2.16. The lowest BCUT2D eigenvalue weighted by atomic mass is 10.0. The van der Waals surface area contributed by atoms with E-state index < -0.39 is 0 Å². The van der Waals surface area contributed by atoms with Crippen molar-refractivity contribution in [3.63, 3.8) is 0 Å². The van der Waals surface area contributed by atoms with Crippen LogP contribution >= 0.6 is 0 Å². The first kappa shape index (κ1) is 17.0. The quantitative estimate of drug-likeness (QED) is 0.803. The third kappa shape index (κ3) is 3.89. The molecule has 0 bridgehead atoms. The fourth-order valence-corrected chi connectivity index (χ4v) is 2.53. The van der Waals surface area contributed by atoms with Crippen LogP contribution in [-0.4, -0.2) is 27.2 Å². The molecule has 0 saturated heterocycles. The highest BCUT2D eigenvalue weighted by Crippen LogP contribution is 2.27. The summed E-state index contributed by atoms with van der Waals surface area (Å²) in [5.74, 6) is 0. The van der Waals surface area contributed by atoms with Crippen LogP contribution in [0.25, 0.3) is 0 Å². The van der Waals surface area contributed by atoms with Crippen molar-refractivity contribution in [1.82, 2.24) is 0 Å². The van der Waals surface area contributed by atoms with Crippen molar-refractivity contribution in [3.8, 4) is 0 Å². The number of benzene rings is 2. The van der Waals surface area contributed by atoms with Crippen molar-refractivity contribution >= 4 is 22.7 Å². The van der Waals surface area contributed by atoms with Gasteiger partial charge in [0.15, 0.2) is 0 Å². The zero-order chi connectivity index (χ0) is 17.0.